The second kappa shape index (κ2) is 9.09. The van der Waals surface area contributed by atoms with Gasteiger partial charge in [0.1, 0.15) is 0 Å². The molecular weight excluding hydrogens is 396 g/mol. The highest BCUT2D eigenvalue weighted by Crippen LogP contribution is 2.30. The number of hydrogen-bond donors (Lipinski definition) is 0. The van der Waals surface area contributed by atoms with Crippen LogP contribution in [0.15, 0.2) is 78.4 Å². The van der Waals surface area contributed by atoms with Gasteiger partial charge in [0.2, 0.25) is 0 Å². The summed E-state index contributed by atoms with van der Waals surface area (Å²) in [5.74, 6) is -0.323. The van der Waals surface area contributed by atoms with Crippen molar-refractivity contribution in [3.63, 3.8) is 0 Å². The number of carbonyl (C=O) groups excluding carboxylic acids is 2. The summed E-state index contributed by atoms with van der Waals surface area (Å²) in [5, 5.41) is 1.75. The second-order valence-electron chi connectivity index (χ2n) is 8.75. The predicted octanol–water partition coefficient (Wildman–Crippen LogP) is 5.09. The molecule has 2 amide bonds. The van der Waals surface area contributed by atoms with Crippen molar-refractivity contribution in [2.75, 3.05) is 26.2 Å². The minimum atomic E-state index is -0.161. The maximum Gasteiger partial charge on any atom is 0.261 e. The molecule has 0 spiro atoms. The van der Waals surface area contributed by atoms with Gasteiger partial charge in [-0.15, -0.1) is 0 Å². The van der Waals surface area contributed by atoms with E-state index in [1.54, 1.807) is 0 Å². The Labute approximate surface area is 189 Å². The molecule has 3 aromatic carbocycles. The van der Waals surface area contributed by atoms with Gasteiger partial charge >= 0.3 is 0 Å². The monoisotopic (exact) mass is 424 g/mol. The Balaban J connectivity index is 1.13. The topological polar surface area (TPSA) is 40.6 Å². The number of rotatable bonds is 7. The molecule has 2 aliphatic rings. The van der Waals surface area contributed by atoms with Crippen LogP contribution < -0.4 is 0 Å². The fourth-order valence-corrected chi connectivity index (χ4v) is 4.86. The highest BCUT2D eigenvalue weighted by atomic mass is 16.2. The highest BCUT2D eigenvalue weighted by Gasteiger charge is 2.32. The molecule has 162 valence electrons. The SMILES string of the molecule is O=C1c2cccc3cccc(c23)C(=O)N1CCCCN1CC=C(Cc2ccccc2)CC1. The van der Waals surface area contributed by atoms with E-state index < -0.39 is 0 Å². The molecule has 0 aromatic heterocycles. The first-order valence-corrected chi connectivity index (χ1v) is 11.5. The number of unbranched alkanes of at least 4 members (excludes halogenated alkanes) is 1. The summed E-state index contributed by atoms with van der Waals surface area (Å²) >= 11 is 0. The summed E-state index contributed by atoms with van der Waals surface area (Å²) in [6.07, 6.45) is 6.32. The molecule has 0 unspecified atom stereocenters. The molecular formula is C28H28N2O2. The van der Waals surface area contributed by atoms with Crippen molar-refractivity contribution in [1.82, 2.24) is 9.80 Å². The molecule has 0 aliphatic carbocycles. The Morgan fingerprint density at radius 1 is 0.750 bits per heavy atom. The maximum absolute atomic E-state index is 13.0. The number of carbonyl (C=O) groups is 2. The van der Waals surface area contributed by atoms with Crippen molar-refractivity contribution in [2.24, 2.45) is 0 Å². The average Bonchev–Trinajstić information content (AvgIpc) is 2.83. The highest BCUT2D eigenvalue weighted by molar-refractivity contribution is 6.25. The van der Waals surface area contributed by atoms with Crippen LogP contribution >= 0.6 is 0 Å². The van der Waals surface area contributed by atoms with Gasteiger partial charge in [-0.2, -0.15) is 0 Å². The Hall–Kier alpha value is -3.24. The van der Waals surface area contributed by atoms with Crippen LogP contribution in [0, 0.1) is 0 Å². The van der Waals surface area contributed by atoms with Crippen LogP contribution in [-0.4, -0.2) is 47.8 Å². The molecule has 0 N–H and O–H groups in total. The third-order valence-electron chi connectivity index (χ3n) is 6.62. The molecule has 0 bridgehead atoms. The van der Waals surface area contributed by atoms with E-state index in [1.165, 1.54) is 16.0 Å². The van der Waals surface area contributed by atoms with Gasteiger partial charge in [0.25, 0.3) is 11.8 Å². The predicted molar refractivity (Wildman–Crippen MR) is 128 cm³/mol. The Morgan fingerprint density at radius 3 is 2.09 bits per heavy atom. The van der Waals surface area contributed by atoms with Crippen molar-refractivity contribution in [3.05, 3.63) is 95.1 Å². The summed E-state index contributed by atoms with van der Waals surface area (Å²) in [6.45, 7) is 3.54. The number of amides is 2. The summed E-state index contributed by atoms with van der Waals surface area (Å²) in [7, 11) is 0. The number of hydrogen-bond acceptors (Lipinski definition) is 3. The fraction of sp³-hybridized carbons (Fsp3) is 0.286. The van der Waals surface area contributed by atoms with Crippen LogP contribution in [0.1, 0.15) is 45.5 Å². The van der Waals surface area contributed by atoms with E-state index in [0.29, 0.717) is 17.7 Å². The average molecular weight is 425 g/mol. The van der Waals surface area contributed by atoms with E-state index in [1.807, 2.05) is 36.4 Å². The molecule has 2 aliphatic heterocycles. The van der Waals surface area contributed by atoms with E-state index in [0.717, 1.165) is 56.1 Å². The summed E-state index contributed by atoms with van der Waals surface area (Å²) in [4.78, 5) is 29.9. The lowest BCUT2D eigenvalue weighted by Gasteiger charge is -2.28. The standard InChI is InChI=1S/C28H28N2O2/c31-27-24-12-6-10-23-11-7-13-25(26(23)24)28(32)30(27)17-5-4-16-29-18-14-22(15-19-29)20-21-8-2-1-3-9-21/h1-3,6-14H,4-5,15-20H2. The number of imide groups is 1. The van der Waals surface area contributed by atoms with Gasteiger partial charge in [-0.05, 0) is 55.3 Å². The van der Waals surface area contributed by atoms with Gasteiger partial charge in [-0.25, -0.2) is 0 Å². The molecule has 3 aromatic rings. The Kier molecular flexibility index (Phi) is 5.87. The second-order valence-corrected chi connectivity index (χ2v) is 8.75. The van der Waals surface area contributed by atoms with Crippen LogP contribution in [0.3, 0.4) is 0 Å². The lowest BCUT2D eigenvalue weighted by molar-refractivity contribution is 0.0606. The van der Waals surface area contributed by atoms with Gasteiger partial charge in [0.15, 0.2) is 0 Å². The molecule has 5 rings (SSSR count). The van der Waals surface area contributed by atoms with Crippen molar-refractivity contribution >= 4 is 22.6 Å². The first-order valence-electron chi connectivity index (χ1n) is 11.5. The molecule has 0 radical (unpaired) electrons. The van der Waals surface area contributed by atoms with E-state index in [-0.39, 0.29) is 11.8 Å². The summed E-state index contributed by atoms with van der Waals surface area (Å²) < 4.78 is 0. The first kappa shape index (κ1) is 20.7. The first-order chi connectivity index (χ1) is 15.7. The minimum absolute atomic E-state index is 0.161. The Morgan fingerprint density at radius 2 is 1.44 bits per heavy atom. The van der Waals surface area contributed by atoms with Crippen LogP contribution in [-0.2, 0) is 6.42 Å². The molecule has 0 fully saturated rings. The molecule has 4 heteroatoms. The molecule has 4 nitrogen and oxygen atoms in total. The van der Waals surface area contributed by atoms with Crippen molar-refractivity contribution in [1.29, 1.82) is 0 Å². The minimum Gasteiger partial charge on any atom is -0.299 e. The molecule has 32 heavy (non-hydrogen) atoms. The maximum atomic E-state index is 13.0. The van der Waals surface area contributed by atoms with Gasteiger partial charge in [0, 0.05) is 36.1 Å². The zero-order valence-corrected chi connectivity index (χ0v) is 18.3. The summed E-state index contributed by atoms with van der Waals surface area (Å²) in [6, 6.07) is 22.0. The van der Waals surface area contributed by atoms with E-state index >= 15 is 0 Å². The molecule has 2 heterocycles. The number of nitrogens with zero attached hydrogens (tertiary/aromatic N) is 2. The normalized spacial score (nSPS) is 16.5. The third-order valence-corrected chi connectivity index (χ3v) is 6.62. The molecule has 0 atom stereocenters. The quantitative estimate of drug-likeness (QED) is 0.301. The zero-order valence-electron chi connectivity index (χ0n) is 18.3. The van der Waals surface area contributed by atoms with Gasteiger partial charge in [-0.3, -0.25) is 19.4 Å². The Bertz CT molecular complexity index is 1130. The zero-order chi connectivity index (χ0) is 21.9. The van der Waals surface area contributed by atoms with Gasteiger partial charge in [0.05, 0.1) is 0 Å². The third kappa shape index (κ3) is 4.11. The number of benzene rings is 3. The summed E-state index contributed by atoms with van der Waals surface area (Å²) in [5.41, 5.74) is 4.18. The van der Waals surface area contributed by atoms with E-state index in [9.17, 15) is 9.59 Å². The van der Waals surface area contributed by atoms with Crippen LogP contribution in [0.2, 0.25) is 0 Å². The van der Waals surface area contributed by atoms with Crippen molar-refractivity contribution in [2.45, 2.75) is 25.7 Å². The van der Waals surface area contributed by atoms with Gasteiger partial charge in [-0.1, -0.05) is 66.2 Å². The lowest BCUT2D eigenvalue weighted by atomic mass is 9.94. The van der Waals surface area contributed by atoms with Crippen molar-refractivity contribution < 1.29 is 9.59 Å². The van der Waals surface area contributed by atoms with Crippen LogP contribution in [0.4, 0.5) is 0 Å². The fourth-order valence-electron chi connectivity index (χ4n) is 4.86. The van der Waals surface area contributed by atoms with Gasteiger partial charge < -0.3 is 0 Å². The van der Waals surface area contributed by atoms with E-state index in [2.05, 4.69) is 41.3 Å². The molecule has 0 saturated carbocycles. The van der Waals surface area contributed by atoms with Crippen molar-refractivity contribution in [3.8, 4) is 0 Å². The van der Waals surface area contributed by atoms with Crippen LogP contribution in [0.5, 0.6) is 0 Å². The van der Waals surface area contributed by atoms with Crippen LogP contribution in [0.25, 0.3) is 10.8 Å². The van der Waals surface area contributed by atoms with E-state index in [4.69, 9.17) is 0 Å². The molecule has 0 saturated heterocycles. The lowest BCUT2D eigenvalue weighted by Crippen LogP contribution is -2.41. The smallest absolute Gasteiger partial charge is 0.261 e. The largest absolute Gasteiger partial charge is 0.299 e.